The summed E-state index contributed by atoms with van der Waals surface area (Å²) < 4.78 is 14.1. The van der Waals surface area contributed by atoms with Crippen molar-refractivity contribution in [2.75, 3.05) is 20.6 Å². The molecule has 230 valence electrons. The lowest BCUT2D eigenvalue weighted by Crippen LogP contribution is -2.36. The Morgan fingerprint density at radius 3 is 1.67 bits per heavy atom. The molecule has 1 unspecified atom stereocenters. The third-order valence-corrected chi connectivity index (χ3v) is 8.70. The van der Waals surface area contributed by atoms with Crippen molar-refractivity contribution in [2.24, 2.45) is 5.18 Å². The Morgan fingerprint density at radius 1 is 0.711 bits per heavy atom. The van der Waals surface area contributed by atoms with Crippen molar-refractivity contribution in [3.63, 3.8) is 0 Å². The van der Waals surface area contributed by atoms with Crippen molar-refractivity contribution in [3.05, 3.63) is 183 Å². The summed E-state index contributed by atoms with van der Waals surface area (Å²) in [5.41, 5.74) is 3.09. The van der Waals surface area contributed by atoms with Crippen molar-refractivity contribution in [2.45, 2.75) is 37.0 Å². The van der Waals surface area contributed by atoms with Crippen molar-refractivity contribution in [1.82, 2.24) is 4.90 Å². The zero-order chi connectivity index (χ0) is 31.9. The van der Waals surface area contributed by atoms with Crippen LogP contribution in [0.4, 0.5) is 4.39 Å². The van der Waals surface area contributed by atoms with Crippen molar-refractivity contribution in [3.8, 4) is 0 Å². The molecule has 1 atom stereocenters. The number of benzene rings is 5. The zero-order valence-electron chi connectivity index (χ0n) is 25.7. The van der Waals surface area contributed by atoms with Crippen molar-refractivity contribution < 1.29 is 14.6 Å². The Kier molecular flexibility index (Phi) is 9.99. The van der Waals surface area contributed by atoms with Crippen LogP contribution in [0.5, 0.6) is 0 Å². The van der Waals surface area contributed by atoms with E-state index < -0.39 is 23.4 Å². The molecule has 0 bridgehead atoms. The number of aliphatic hydroxyl groups is 2. The van der Waals surface area contributed by atoms with Crippen LogP contribution in [0.15, 0.2) is 133 Å². The molecular weight excluding hydrogens is 563 g/mol. The SMILES string of the molecule is CN(C)CCCC(O)(c1ccc(F)cc1)c1ccc(CN=O)c(C(c2ccccc2)(c2ccccc2)c2ccccc2)c1CO. The average Bonchev–Trinajstić information content (AvgIpc) is 3.07. The average molecular weight is 603 g/mol. The number of nitrogens with zero attached hydrogens (tertiary/aromatic N) is 2. The molecule has 0 amide bonds. The molecule has 0 aromatic heterocycles. The van der Waals surface area contributed by atoms with Crippen LogP contribution in [0.2, 0.25) is 0 Å². The van der Waals surface area contributed by atoms with Crippen LogP contribution in [0.3, 0.4) is 0 Å². The van der Waals surface area contributed by atoms with Crippen LogP contribution in [0.25, 0.3) is 0 Å². The molecule has 45 heavy (non-hydrogen) atoms. The molecule has 0 aliphatic heterocycles. The van der Waals surface area contributed by atoms with E-state index in [0.717, 1.165) is 23.2 Å². The topological polar surface area (TPSA) is 73.1 Å². The fourth-order valence-electron chi connectivity index (χ4n) is 6.73. The fourth-order valence-corrected chi connectivity index (χ4v) is 6.73. The number of nitroso groups, excluding NO2 is 1. The van der Waals surface area contributed by atoms with E-state index in [1.54, 1.807) is 18.2 Å². The van der Waals surface area contributed by atoms with E-state index in [0.29, 0.717) is 40.7 Å². The maximum atomic E-state index is 14.1. The highest BCUT2D eigenvalue weighted by atomic mass is 19.1. The predicted octanol–water partition coefficient (Wildman–Crippen LogP) is 7.54. The van der Waals surface area contributed by atoms with Gasteiger partial charge in [0.15, 0.2) is 0 Å². The van der Waals surface area contributed by atoms with Gasteiger partial charge in [0.25, 0.3) is 0 Å². The quantitative estimate of drug-likeness (QED) is 0.108. The van der Waals surface area contributed by atoms with Crippen LogP contribution in [0, 0.1) is 10.7 Å². The molecule has 5 aromatic carbocycles. The van der Waals surface area contributed by atoms with Gasteiger partial charge < -0.3 is 15.1 Å². The Balaban J connectivity index is 1.94. The third-order valence-electron chi connectivity index (χ3n) is 8.70. The molecule has 2 N–H and O–H groups in total. The number of hydrogen-bond acceptors (Lipinski definition) is 5. The van der Waals surface area contributed by atoms with Crippen molar-refractivity contribution in [1.29, 1.82) is 0 Å². The number of hydrogen-bond donors (Lipinski definition) is 2. The first-order valence-electron chi connectivity index (χ1n) is 15.2. The van der Waals surface area contributed by atoms with E-state index in [1.165, 1.54) is 12.1 Å². The molecule has 0 saturated carbocycles. The van der Waals surface area contributed by atoms with E-state index in [4.69, 9.17) is 0 Å². The lowest BCUT2D eigenvalue weighted by molar-refractivity contribution is 0.0638. The summed E-state index contributed by atoms with van der Waals surface area (Å²) in [6, 6.07) is 39.6. The lowest BCUT2D eigenvalue weighted by atomic mass is 9.61. The number of aliphatic hydroxyl groups excluding tert-OH is 1. The molecule has 5 rings (SSSR count). The van der Waals surface area contributed by atoms with E-state index in [9.17, 15) is 19.5 Å². The summed E-state index contributed by atoms with van der Waals surface area (Å²) in [5.74, 6) is -0.402. The first-order valence-corrected chi connectivity index (χ1v) is 15.2. The van der Waals surface area contributed by atoms with Gasteiger partial charge in [0.1, 0.15) is 18.0 Å². The molecule has 0 radical (unpaired) electrons. The monoisotopic (exact) mass is 602 g/mol. The fraction of sp³-hybridized carbons (Fsp3) is 0.231. The molecule has 5 nitrogen and oxygen atoms in total. The molecule has 0 aliphatic carbocycles. The van der Waals surface area contributed by atoms with E-state index in [1.807, 2.05) is 79.7 Å². The maximum absolute atomic E-state index is 14.1. The second kappa shape index (κ2) is 14.1. The summed E-state index contributed by atoms with van der Waals surface area (Å²) in [5, 5.41) is 27.5. The lowest BCUT2D eigenvalue weighted by Gasteiger charge is -2.41. The molecule has 0 aliphatic rings. The van der Waals surface area contributed by atoms with Gasteiger partial charge >= 0.3 is 0 Å². The van der Waals surface area contributed by atoms with Crippen LogP contribution in [-0.4, -0.2) is 35.8 Å². The van der Waals surface area contributed by atoms with Gasteiger partial charge in [0, 0.05) is 0 Å². The highest BCUT2D eigenvalue weighted by Crippen LogP contribution is 2.50. The van der Waals surface area contributed by atoms with Crippen molar-refractivity contribution >= 4 is 0 Å². The van der Waals surface area contributed by atoms with Gasteiger partial charge in [-0.2, -0.15) is 4.91 Å². The predicted molar refractivity (Wildman–Crippen MR) is 177 cm³/mol. The Hall–Kier alpha value is -4.49. The highest BCUT2D eigenvalue weighted by molar-refractivity contribution is 5.65. The van der Waals surface area contributed by atoms with E-state index >= 15 is 0 Å². The van der Waals surface area contributed by atoms with Gasteiger partial charge in [-0.1, -0.05) is 120 Å². The van der Waals surface area contributed by atoms with Crippen LogP contribution < -0.4 is 0 Å². The Morgan fingerprint density at radius 2 is 1.22 bits per heavy atom. The van der Waals surface area contributed by atoms with Gasteiger partial charge in [-0.3, -0.25) is 0 Å². The highest BCUT2D eigenvalue weighted by Gasteiger charge is 2.44. The van der Waals surface area contributed by atoms with Crippen LogP contribution in [-0.2, 0) is 24.2 Å². The number of halogens is 1. The summed E-state index contributed by atoms with van der Waals surface area (Å²) in [4.78, 5) is 14.1. The van der Waals surface area contributed by atoms with Crippen LogP contribution in [0.1, 0.15) is 57.3 Å². The molecule has 5 aromatic rings. The molecule has 0 spiro atoms. The molecule has 0 heterocycles. The Labute approximate surface area is 264 Å². The molecule has 6 heteroatoms. The summed E-state index contributed by atoms with van der Waals surface area (Å²) in [6.07, 6.45) is 0.962. The van der Waals surface area contributed by atoms with Gasteiger partial charge in [-0.05, 0) is 90.1 Å². The second-order valence-electron chi connectivity index (χ2n) is 11.7. The smallest absolute Gasteiger partial charge is 0.123 e. The Bertz CT molecular complexity index is 1600. The third kappa shape index (κ3) is 6.22. The van der Waals surface area contributed by atoms with E-state index in [2.05, 4.69) is 41.6 Å². The normalized spacial score (nSPS) is 13.0. The molecule has 0 fully saturated rings. The minimum atomic E-state index is -1.57. The first kappa shape index (κ1) is 31.9. The van der Waals surface area contributed by atoms with Gasteiger partial charge in [0.2, 0.25) is 0 Å². The second-order valence-corrected chi connectivity index (χ2v) is 11.7. The zero-order valence-corrected chi connectivity index (χ0v) is 25.7. The summed E-state index contributed by atoms with van der Waals surface area (Å²) in [6.45, 7) is 0.176. The first-order chi connectivity index (χ1) is 21.9. The van der Waals surface area contributed by atoms with Gasteiger partial charge in [0.05, 0.1) is 12.0 Å². The van der Waals surface area contributed by atoms with E-state index in [-0.39, 0.29) is 6.54 Å². The summed E-state index contributed by atoms with van der Waals surface area (Å²) >= 11 is 0. The maximum Gasteiger partial charge on any atom is 0.123 e. The van der Waals surface area contributed by atoms with Crippen LogP contribution >= 0.6 is 0 Å². The van der Waals surface area contributed by atoms with Gasteiger partial charge in [-0.25, -0.2) is 4.39 Å². The van der Waals surface area contributed by atoms with Gasteiger partial charge in [-0.15, -0.1) is 0 Å². The summed E-state index contributed by atoms with van der Waals surface area (Å²) in [7, 11) is 3.95. The minimum absolute atomic E-state index is 0.132. The minimum Gasteiger partial charge on any atom is -0.392 e. The molecular formula is C39H39FN2O3. The molecule has 0 saturated heterocycles. The largest absolute Gasteiger partial charge is 0.392 e. The standard InChI is InChI=1S/C39H39FN2O3/c1-42(2)26-12-25-38(44,30-20-22-34(40)23-21-30)36-24-19-29(27-41-45)37(35(36)28-43)39(31-13-6-3-7-14-31,32-15-8-4-9-16-32)33-17-10-5-11-18-33/h3-11,13-24,43-44H,12,25-28H2,1-2H3. The number of rotatable bonds is 13.